The van der Waals surface area contributed by atoms with Crippen molar-refractivity contribution in [3.8, 4) is 0 Å². The smallest absolute Gasteiger partial charge is 0.234 e. The number of carbonyl (C=O) groups excluding carboxylic acids is 2. The molecule has 1 atom stereocenters. The third kappa shape index (κ3) is 6.19. The van der Waals surface area contributed by atoms with Crippen molar-refractivity contribution in [2.75, 3.05) is 5.75 Å². The van der Waals surface area contributed by atoms with Crippen LogP contribution in [0.15, 0.2) is 77.3 Å². The van der Waals surface area contributed by atoms with E-state index in [-0.39, 0.29) is 24.2 Å². The van der Waals surface area contributed by atoms with E-state index in [4.69, 9.17) is 0 Å². The van der Waals surface area contributed by atoms with Crippen molar-refractivity contribution in [2.45, 2.75) is 38.1 Å². The molecule has 0 bridgehead atoms. The molecule has 0 N–H and O–H groups in total. The van der Waals surface area contributed by atoms with E-state index >= 15 is 0 Å². The van der Waals surface area contributed by atoms with Gasteiger partial charge in [0.15, 0.2) is 0 Å². The molecule has 3 nitrogen and oxygen atoms in total. The lowest BCUT2D eigenvalue weighted by atomic mass is 10.1. The van der Waals surface area contributed by atoms with Crippen LogP contribution in [-0.2, 0) is 9.59 Å². The maximum atomic E-state index is 12.6. The molecule has 0 saturated carbocycles. The first kappa shape index (κ1) is 20.0. The number of thioether (sulfide) groups is 1. The molecule has 0 radical (unpaired) electrons. The maximum absolute atomic E-state index is 12.6. The molecule has 0 aliphatic carbocycles. The molecule has 4 heteroatoms. The Morgan fingerprint density at radius 3 is 2.15 bits per heavy atom. The zero-order chi connectivity index (χ0) is 18.9. The SMILES string of the molecule is CC(=O)CC(=O)N(/C=C(/C)CSc1ccccc1)C(C)c1ccccc1. The zero-order valence-electron chi connectivity index (χ0n) is 15.5. The summed E-state index contributed by atoms with van der Waals surface area (Å²) >= 11 is 1.73. The highest BCUT2D eigenvalue weighted by atomic mass is 32.2. The summed E-state index contributed by atoms with van der Waals surface area (Å²) < 4.78 is 0. The Kier molecular flexibility index (Phi) is 7.67. The van der Waals surface area contributed by atoms with Gasteiger partial charge in [-0.1, -0.05) is 48.5 Å². The molecule has 0 aliphatic rings. The maximum Gasteiger partial charge on any atom is 0.234 e. The summed E-state index contributed by atoms with van der Waals surface area (Å²) in [6.45, 7) is 5.45. The highest BCUT2D eigenvalue weighted by Gasteiger charge is 2.21. The number of ketones is 1. The minimum absolute atomic E-state index is 0.0766. The Balaban J connectivity index is 2.16. The number of carbonyl (C=O) groups is 2. The van der Waals surface area contributed by atoms with Crippen LogP contribution in [0.25, 0.3) is 0 Å². The van der Waals surface area contributed by atoms with Gasteiger partial charge in [0.1, 0.15) is 5.78 Å². The van der Waals surface area contributed by atoms with Crippen LogP contribution in [0.5, 0.6) is 0 Å². The molecule has 0 spiro atoms. The van der Waals surface area contributed by atoms with Crippen LogP contribution < -0.4 is 0 Å². The number of rotatable bonds is 8. The van der Waals surface area contributed by atoms with Gasteiger partial charge in [0, 0.05) is 16.8 Å². The molecule has 0 aliphatic heterocycles. The average molecular weight is 368 g/mol. The van der Waals surface area contributed by atoms with Gasteiger partial charge in [-0.3, -0.25) is 9.59 Å². The Hall–Kier alpha value is -2.33. The zero-order valence-corrected chi connectivity index (χ0v) is 16.3. The van der Waals surface area contributed by atoms with Gasteiger partial charge in [-0.25, -0.2) is 0 Å². The number of amides is 1. The monoisotopic (exact) mass is 367 g/mol. The Labute approximate surface area is 160 Å². The fourth-order valence-corrected chi connectivity index (χ4v) is 3.40. The predicted molar refractivity (Wildman–Crippen MR) is 108 cm³/mol. The molecule has 0 aromatic heterocycles. The van der Waals surface area contributed by atoms with Crippen molar-refractivity contribution in [3.63, 3.8) is 0 Å². The standard InChI is InChI=1S/C22H25NO2S/c1-17(16-26-21-12-8-5-9-13-21)15-23(22(25)14-18(2)24)19(3)20-10-6-4-7-11-20/h4-13,15,19H,14,16H2,1-3H3/b17-15-. The highest BCUT2D eigenvalue weighted by Crippen LogP contribution is 2.24. The van der Waals surface area contributed by atoms with Crippen molar-refractivity contribution >= 4 is 23.5 Å². The molecule has 2 rings (SSSR count). The Morgan fingerprint density at radius 1 is 1.00 bits per heavy atom. The lowest BCUT2D eigenvalue weighted by Gasteiger charge is -2.27. The molecule has 136 valence electrons. The predicted octanol–water partition coefficient (Wildman–Crippen LogP) is 5.25. The fraction of sp³-hybridized carbons (Fsp3) is 0.273. The third-order valence-corrected chi connectivity index (χ3v) is 5.16. The summed E-state index contributed by atoms with van der Waals surface area (Å²) in [5.74, 6) is 0.498. The number of nitrogens with zero attached hydrogens (tertiary/aromatic N) is 1. The van der Waals surface area contributed by atoms with Gasteiger partial charge in [0.2, 0.25) is 5.91 Å². The Bertz CT molecular complexity index is 756. The number of hydrogen-bond donors (Lipinski definition) is 0. The summed E-state index contributed by atoms with van der Waals surface area (Å²) in [4.78, 5) is 27.0. The summed E-state index contributed by atoms with van der Waals surface area (Å²) in [7, 11) is 0. The molecule has 2 aromatic rings. The first-order valence-electron chi connectivity index (χ1n) is 8.68. The molecule has 26 heavy (non-hydrogen) atoms. The van der Waals surface area contributed by atoms with Gasteiger partial charge in [-0.15, -0.1) is 11.8 Å². The van der Waals surface area contributed by atoms with Gasteiger partial charge in [0.25, 0.3) is 0 Å². The van der Waals surface area contributed by atoms with E-state index in [0.717, 1.165) is 16.9 Å². The molecule has 0 saturated heterocycles. The van der Waals surface area contributed by atoms with Crippen LogP contribution in [0, 0.1) is 0 Å². The van der Waals surface area contributed by atoms with Crippen molar-refractivity contribution in [2.24, 2.45) is 0 Å². The second kappa shape index (κ2) is 9.97. The van der Waals surface area contributed by atoms with Crippen molar-refractivity contribution < 1.29 is 9.59 Å². The minimum atomic E-state index is -0.169. The minimum Gasteiger partial charge on any atom is -0.312 e. The fourth-order valence-electron chi connectivity index (χ4n) is 2.58. The summed E-state index contributed by atoms with van der Waals surface area (Å²) in [6.07, 6.45) is 1.81. The number of benzene rings is 2. The number of hydrogen-bond acceptors (Lipinski definition) is 3. The third-order valence-electron chi connectivity index (χ3n) is 3.96. The first-order valence-corrected chi connectivity index (χ1v) is 9.66. The molecule has 0 heterocycles. The van der Waals surface area contributed by atoms with E-state index in [9.17, 15) is 9.59 Å². The van der Waals surface area contributed by atoms with E-state index < -0.39 is 0 Å². The summed E-state index contributed by atoms with van der Waals surface area (Å²) in [5, 5.41) is 0. The second-order valence-electron chi connectivity index (χ2n) is 6.34. The summed E-state index contributed by atoms with van der Waals surface area (Å²) in [5.41, 5.74) is 2.13. The van der Waals surface area contributed by atoms with Gasteiger partial charge in [-0.2, -0.15) is 0 Å². The van der Waals surface area contributed by atoms with Crippen LogP contribution in [0.3, 0.4) is 0 Å². The van der Waals surface area contributed by atoms with Crippen molar-refractivity contribution in [3.05, 3.63) is 78.0 Å². The van der Waals surface area contributed by atoms with E-state index in [1.807, 2.05) is 68.6 Å². The van der Waals surface area contributed by atoms with E-state index in [1.165, 1.54) is 11.8 Å². The molecule has 1 unspecified atom stereocenters. The number of Topliss-reactive ketones (excluding diaryl/α,β-unsaturated/α-hetero) is 1. The molecule has 0 fully saturated rings. The molecule has 1 amide bonds. The molecular weight excluding hydrogens is 342 g/mol. The quantitative estimate of drug-likeness (QED) is 0.472. The van der Waals surface area contributed by atoms with Gasteiger partial charge >= 0.3 is 0 Å². The lowest BCUT2D eigenvalue weighted by Crippen LogP contribution is -2.30. The van der Waals surface area contributed by atoms with Gasteiger partial charge in [-0.05, 0) is 44.0 Å². The van der Waals surface area contributed by atoms with Gasteiger partial charge in [0.05, 0.1) is 12.5 Å². The topological polar surface area (TPSA) is 37.4 Å². The van der Waals surface area contributed by atoms with E-state index in [0.29, 0.717) is 0 Å². The van der Waals surface area contributed by atoms with Gasteiger partial charge < -0.3 is 4.90 Å². The van der Waals surface area contributed by atoms with Crippen molar-refractivity contribution in [1.82, 2.24) is 4.90 Å². The van der Waals surface area contributed by atoms with Crippen LogP contribution in [0.1, 0.15) is 38.8 Å². The van der Waals surface area contributed by atoms with Crippen LogP contribution in [0.2, 0.25) is 0 Å². The molecular formula is C22H25NO2S. The first-order chi connectivity index (χ1) is 12.5. The van der Waals surface area contributed by atoms with Crippen molar-refractivity contribution in [1.29, 1.82) is 0 Å². The normalized spacial score (nSPS) is 12.5. The second-order valence-corrected chi connectivity index (χ2v) is 7.39. The van der Waals surface area contributed by atoms with E-state index in [2.05, 4.69) is 12.1 Å². The summed E-state index contributed by atoms with van der Waals surface area (Å²) in [6, 6.07) is 19.9. The van der Waals surface area contributed by atoms with E-state index in [1.54, 1.807) is 16.7 Å². The average Bonchev–Trinajstić information content (AvgIpc) is 2.65. The largest absolute Gasteiger partial charge is 0.312 e. The lowest BCUT2D eigenvalue weighted by molar-refractivity contribution is -0.134. The highest BCUT2D eigenvalue weighted by molar-refractivity contribution is 7.99. The Morgan fingerprint density at radius 2 is 1.58 bits per heavy atom. The van der Waals surface area contributed by atoms with Crippen LogP contribution >= 0.6 is 11.8 Å². The van der Waals surface area contributed by atoms with Crippen LogP contribution in [-0.4, -0.2) is 22.3 Å². The molecule has 2 aromatic carbocycles. The van der Waals surface area contributed by atoms with Crippen LogP contribution in [0.4, 0.5) is 0 Å².